The molecule has 2 aromatic rings. The number of carbonyl (C=O) groups excluding carboxylic acids is 2. The lowest BCUT2D eigenvalue weighted by Gasteiger charge is -2.31. The molecule has 0 aromatic heterocycles. The Balaban J connectivity index is 1.68. The van der Waals surface area contributed by atoms with Gasteiger partial charge in [-0.3, -0.25) is 9.69 Å². The van der Waals surface area contributed by atoms with Gasteiger partial charge in [-0.15, -0.1) is 0 Å². The fraction of sp³-hybridized carbons (Fsp3) is 0.238. The third kappa shape index (κ3) is 3.03. The Morgan fingerprint density at radius 2 is 1.89 bits per heavy atom. The summed E-state index contributed by atoms with van der Waals surface area (Å²) >= 11 is 0. The number of hydrogen-bond acceptors (Lipinski definition) is 3. The number of nitrogens with one attached hydrogen (secondary N) is 1. The molecule has 2 heterocycles. The van der Waals surface area contributed by atoms with Gasteiger partial charge in [0.1, 0.15) is 5.75 Å². The van der Waals surface area contributed by atoms with E-state index in [2.05, 4.69) is 5.32 Å². The maximum atomic E-state index is 13.2. The number of rotatable bonds is 4. The van der Waals surface area contributed by atoms with Crippen molar-refractivity contribution >= 4 is 11.9 Å². The van der Waals surface area contributed by atoms with E-state index in [0.717, 1.165) is 16.8 Å². The summed E-state index contributed by atoms with van der Waals surface area (Å²) in [6, 6.07) is 16.6. The summed E-state index contributed by atoms with van der Waals surface area (Å²) in [5, 5.41) is 2.95. The third-order valence-corrected chi connectivity index (χ3v) is 5.08. The minimum atomic E-state index is -0.480. The largest absolute Gasteiger partial charge is 0.497 e. The smallest absolute Gasteiger partial charge is 0.322 e. The molecule has 0 spiro atoms. The molecule has 1 unspecified atom stereocenters. The van der Waals surface area contributed by atoms with Gasteiger partial charge in [-0.1, -0.05) is 42.5 Å². The first-order valence-corrected chi connectivity index (χ1v) is 8.83. The number of benzene rings is 2. The number of urea groups is 1. The predicted molar refractivity (Wildman–Crippen MR) is 101 cm³/mol. The summed E-state index contributed by atoms with van der Waals surface area (Å²) in [4.78, 5) is 29.0. The fourth-order valence-corrected chi connectivity index (χ4v) is 3.63. The second-order valence-electron chi connectivity index (χ2n) is 6.73. The molecule has 0 fully saturated rings. The maximum absolute atomic E-state index is 13.2. The quantitative estimate of drug-likeness (QED) is 0.909. The van der Waals surface area contributed by atoms with Crippen LogP contribution in [0.5, 0.6) is 5.75 Å². The molecule has 0 radical (unpaired) electrons. The van der Waals surface area contributed by atoms with Gasteiger partial charge in [0, 0.05) is 13.6 Å². The predicted octanol–water partition coefficient (Wildman–Crippen LogP) is 2.69. The Labute approximate surface area is 158 Å². The fourth-order valence-electron chi connectivity index (χ4n) is 3.63. The SMILES string of the molecule is COc1cccc(C2NC(=O)N(C)C3=C2C(=O)N(Cc2ccccc2)C3)c1. The van der Waals surface area contributed by atoms with Gasteiger partial charge in [0.05, 0.1) is 31.0 Å². The molecule has 1 N–H and O–H groups in total. The number of amides is 3. The molecule has 138 valence electrons. The lowest BCUT2D eigenvalue weighted by Crippen LogP contribution is -2.45. The Bertz CT molecular complexity index is 923. The van der Waals surface area contributed by atoms with Crippen LogP contribution in [0.15, 0.2) is 65.9 Å². The Hall–Kier alpha value is -3.28. The maximum Gasteiger partial charge on any atom is 0.322 e. The summed E-state index contributed by atoms with van der Waals surface area (Å²) < 4.78 is 5.30. The minimum Gasteiger partial charge on any atom is -0.497 e. The van der Waals surface area contributed by atoms with Crippen LogP contribution in [-0.4, -0.2) is 42.4 Å². The van der Waals surface area contributed by atoms with Crippen LogP contribution >= 0.6 is 0 Å². The summed E-state index contributed by atoms with van der Waals surface area (Å²) in [5.41, 5.74) is 3.28. The lowest BCUT2D eigenvalue weighted by molar-refractivity contribution is -0.126. The molecule has 3 amide bonds. The van der Waals surface area contributed by atoms with E-state index in [4.69, 9.17) is 4.74 Å². The highest BCUT2D eigenvalue weighted by molar-refractivity contribution is 6.01. The first kappa shape index (κ1) is 17.1. The molecular formula is C21H21N3O3. The average molecular weight is 363 g/mol. The van der Waals surface area contributed by atoms with E-state index in [-0.39, 0.29) is 11.9 Å². The van der Waals surface area contributed by atoms with Crippen LogP contribution in [0.1, 0.15) is 17.2 Å². The zero-order valence-electron chi connectivity index (χ0n) is 15.3. The number of likely N-dealkylation sites (N-methyl/N-ethyl adjacent to an activating group) is 1. The standard InChI is InChI=1S/C21H21N3O3/c1-23-17-13-24(12-14-7-4-3-5-8-14)20(25)18(17)19(22-21(23)26)15-9-6-10-16(11-15)27-2/h3-11,19H,12-13H2,1-2H3,(H,22,26). The van der Waals surface area contributed by atoms with Gasteiger partial charge in [-0.25, -0.2) is 4.79 Å². The molecule has 2 aliphatic heterocycles. The van der Waals surface area contributed by atoms with E-state index in [0.29, 0.717) is 24.4 Å². The van der Waals surface area contributed by atoms with Crippen molar-refractivity contribution in [2.45, 2.75) is 12.6 Å². The molecule has 2 aliphatic rings. The van der Waals surface area contributed by atoms with Gasteiger partial charge in [0.2, 0.25) is 0 Å². The number of carbonyl (C=O) groups is 2. The zero-order valence-corrected chi connectivity index (χ0v) is 15.3. The number of methoxy groups -OCH3 is 1. The number of ether oxygens (including phenoxy) is 1. The van der Waals surface area contributed by atoms with Crippen LogP contribution in [-0.2, 0) is 11.3 Å². The molecule has 1 atom stereocenters. The lowest BCUT2D eigenvalue weighted by atomic mass is 9.95. The van der Waals surface area contributed by atoms with Gasteiger partial charge >= 0.3 is 6.03 Å². The van der Waals surface area contributed by atoms with Crippen LogP contribution in [0.3, 0.4) is 0 Å². The monoisotopic (exact) mass is 363 g/mol. The molecule has 4 rings (SSSR count). The summed E-state index contributed by atoms with van der Waals surface area (Å²) in [5.74, 6) is 0.642. The van der Waals surface area contributed by atoms with Crippen molar-refractivity contribution in [2.24, 2.45) is 0 Å². The van der Waals surface area contributed by atoms with Gasteiger partial charge in [0.15, 0.2) is 0 Å². The van der Waals surface area contributed by atoms with Crippen LogP contribution in [0.25, 0.3) is 0 Å². The van der Waals surface area contributed by atoms with E-state index in [1.165, 1.54) is 4.90 Å². The van der Waals surface area contributed by atoms with Crippen molar-refractivity contribution in [3.05, 3.63) is 77.0 Å². The second kappa shape index (κ2) is 6.79. The van der Waals surface area contributed by atoms with E-state index in [1.807, 2.05) is 54.6 Å². The van der Waals surface area contributed by atoms with E-state index in [1.54, 1.807) is 19.1 Å². The first-order chi connectivity index (χ1) is 13.1. The highest BCUT2D eigenvalue weighted by atomic mass is 16.5. The molecule has 2 aromatic carbocycles. The molecule has 0 saturated carbocycles. The van der Waals surface area contributed by atoms with Crippen LogP contribution in [0, 0.1) is 0 Å². The van der Waals surface area contributed by atoms with Crippen molar-refractivity contribution in [3.8, 4) is 5.75 Å². The molecule has 6 heteroatoms. The molecule has 27 heavy (non-hydrogen) atoms. The van der Waals surface area contributed by atoms with Gasteiger partial charge < -0.3 is 15.0 Å². The Kier molecular flexibility index (Phi) is 4.32. The summed E-state index contributed by atoms with van der Waals surface area (Å²) in [7, 11) is 3.30. The topological polar surface area (TPSA) is 61.9 Å². The Morgan fingerprint density at radius 3 is 2.63 bits per heavy atom. The van der Waals surface area contributed by atoms with Crippen LogP contribution in [0.4, 0.5) is 4.79 Å². The normalized spacial score (nSPS) is 19.3. The third-order valence-electron chi connectivity index (χ3n) is 5.08. The molecule has 0 bridgehead atoms. The zero-order chi connectivity index (χ0) is 19.0. The molecule has 6 nitrogen and oxygen atoms in total. The van der Waals surface area contributed by atoms with Gasteiger partial charge in [-0.2, -0.15) is 0 Å². The summed E-state index contributed by atoms with van der Waals surface area (Å²) in [6.07, 6.45) is 0. The van der Waals surface area contributed by atoms with Crippen molar-refractivity contribution in [1.29, 1.82) is 0 Å². The number of nitrogens with zero attached hydrogens (tertiary/aromatic N) is 2. The Morgan fingerprint density at radius 1 is 1.11 bits per heavy atom. The van der Waals surface area contributed by atoms with E-state index < -0.39 is 6.04 Å². The first-order valence-electron chi connectivity index (χ1n) is 8.83. The molecule has 0 aliphatic carbocycles. The highest BCUT2D eigenvalue weighted by Gasteiger charge is 2.42. The summed E-state index contributed by atoms with van der Waals surface area (Å²) in [6.45, 7) is 0.937. The van der Waals surface area contributed by atoms with Gasteiger partial charge in [-0.05, 0) is 23.3 Å². The van der Waals surface area contributed by atoms with Crippen LogP contribution in [0.2, 0.25) is 0 Å². The van der Waals surface area contributed by atoms with Crippen molar-refractivity contribution in [2.75, 3.05) is 20.7 Å². The van der Waals surface area contributed by atoms with Crippen LogP contribution < -0.4 is 10.1 Å². The van der Waals surface area contributed by atoms with Crippen molar-refractivity contribution in [3.63, 3.8) is 0 Å². The highest BCUT2D eigenvalue weighted by Crippen LogP contribution is 2.36. The van der Waals surface area contributed by atoms with Crippen molar-refractivity contribution in [1.82, 2.24) is 15.1 Å². The molecular weight excluding hydrogens is 342 g/mol. The van der Waals surface area contributed by atoms with E-state index in [9.17, 15) is 9.59 Å². The minimum absolute atomic E-state index is 0.0477. The van der Waals surface area contributed by atoms with Crippen molar-refractivity contribution < 1.29 is 14.3 Å². The second-order valence-corrected chi connectivity index (χ2v) is 6.73. The number of hydrogen-bond donors (Lipinski definition) is 1. The van der Waals surface area contributed by atoms with E-state index >= 15 is 0 Å². The average Bonchev–Trinajstić information content (AvgIpc) is 3.02. The van der Waals surface area contributed by atoms with Gasteiger partial charge in [0.25, 0.3) is 5.91 Å². The molecule has 0 saturated heterocycles.